The molecule has 0 fully saturated rings. The fourth-order valence-corrected chi connectivity index (χ4v) is 2.56. The molecule has 2 N–H and O–H groups in total. The Balaban J connectivity index is 2.66. The van der Waals surface area contributed by atoms with Gasteiger partial charge in [-0.05, 0) is 25.6 Å². The molecule has 0 aliphatic carbocycles. The van der Waals surface area contributed by atoms with Gasteiger partial charge in [-0.2, -0.15) is 0 Å². The van der Waals surface area contributed by atoms with Gasteiger partial charge in [-0.15, -0.1) is 0 Å². The summed E-state index contributed by atoms with van der Waals surface area (Å²) in [5.41, 5.74) is -0.240. The van der Waals surface area contributed by atoms with Crippen molar-refractivity contribution in [1.29, 1.82) is 0 Å². The number of rotatable bonds is 8. The molecule has 8 heteroatoms. The molecular weight excluding hydrogens is 270 g/mol. The minimum absolute atomic E-state index is 0.0925. The third kappa shape index (κ3) is 4.93. The summed E-state index contributed by atoms with van der Waals surface area (Å²) in [5.74, 6) is 0. The summed E-state index contributed by atoms with van der Waals surface area (Å²) in [5, 5.41) is 13.7. The standard InChI is InChI=1S/C11H17N3O4S/c1-2-12-7-4-8-13-19(17,18)11-6-3-5-10(9-11)14(15)16/h3,5-6,9,12-13H,2,4,7-8H2,1H3. The first-order chi connectivity index (χ1) is 8.97. The Labute approximate surface area is 112 Å². The molecular formula is C11H17N3O4S. The maximum atomic E-state index is 11.9. The highest BCUT2D eigenvalue weighted by molar-refractivity contribution is 7.89. The van der Waals surface area contributed by atoms with Crippen LogP contribution in [0.1, 0.15) is 13.3 Å². The van der Waals surface area contributed by atoms with E-state index in [0.717, 1.165) is 12.6 Å². The zero-order valence-electron chi connectivity index (χ0n) is 10.6. The lowest BCUT2D eigenvalue weighted by molar-refractivity contribution is -0.385. The van der Waals surface area contributed by atoms with Crippen molar-refractivity contribution in [3.05, 3.63) is 34.4 Å². The Morgan fingerprint density at radius 2 is 2.05 bits per heavy atom. The van der Waals surface area contributed by atoms with Crippen LogP contribution < -0.4 is 10.0 Å². The molecule has 0 unspecified atom stereocenters. The molecule has 0 saturated carbocycles. The van der Waals surface area contributed by atoms with Gasteiger partial charge in [-0.1, -0.05) is 13.0 Å². The summed E-state index contributed by atoms with van der Waals surface area (Å²) in [6, 6.07) is 4.99. The number of nitro benzene ring substituents is 1. The monoisotopic (exact) mass is 287 g/mol. The molecule has 0 heterocycles. The van der Waals surface area contributed by atoms with Crippen LogP contribution in [-0.4, -0.2) is 33.0 Å². The number of sulfonamides is 1. The summed E-state index contributed by atoms with van der Waals surface area (Å²) in [6.45, 7) is 3.80. The number of hydrogen-bond donors (Lipinski definition) is 2. The molecule has 0 aliphatic rings. The highest BCUT2D eigenvalue weighted by Gasteiger charge is 2.16. The van der Waals surface area contributed by atoms with Crippen LogP contribution in [-0.2, 0) is 10.0 Å². The van der Waals surface area contributed by atoms with Gasteiger partial charge < -0.3 is 5.32 Å². The second kappa shape index (κ2) is 7.17. The second-order valence-electron chi connectivity index (χ2n) is 3.86. The summed E-state index contributed by atoms with van der Waals surface area (Å²) < 4.78 is 26.2. The molecule has 1 aromatic carbocycles. The van der Waals surface area contributed by atoms with Crippen LogP contribution in [0.4, 0.5) is 5.69 Å². The van der Waals surface area contributed by atoms with Gasteiger partial charge in [-0.25, -0.2) is 13.1 Å². The summed E-state index contributed by atoms with van der Waals surface area (Å²) in [4.78, 5) is 9.88. The maximum Gasteiger partial charge on any atom is 0.270 e. The molecule has 0 spiro atoms. The van der Waals surface area contributed by atoms with E-state index in [0.29, 0.717) is 13.0 Å². The second-order valence-corrected chi connectivity index (χ2v) is 5.63. The van der Waals surface area contributed by atoms with Crippen molar-refractivity contribution < 1.29 is 13.3 Å². The summed E-state index contributed by atoms with van der Waals surface area (Å²) >= 11 is 0. The first-order valence-corrected chi connectivity index (χ1v) is 7.40. The molecule has 19 heavy (non-hydrogen) atoms. The average Bonchev–Trinajstić information content (AvgIpc) is 2.38. The predicted molar refractivity (Wildman–Crippen MR) is 71.4 cm³/mol. The normalized spacial score (nSPS) is 11.4. The van der Waals surface area contributed by atoms with E-state index in [4.69, 9.17) is 0 Å². The van der Waals surface area contributed by atoms with Crippen LogP contribution in [0, 0.1) is 10.1 Å². The first-order valence-electron chi connectivity index (χ1n) is 5.92. The van der Waals surface area contributed by atoms with Crippen LogP contribution in [0.3, 0.4) is 0 Å². The fourth-order valence-electron chi connectivity index (χ4n) is 1.44. The van der Waals surface area contributed by atoms with Gasteiger partial charge in [-0.3, -0.25) is 10.1 Å². The Bertz CT molecular complexity index is 530. The number of nitro groups is 1. The molecule has 1 rings (SSSR count). The highest BCUT2D eigenvalue weighted by Crippen LogP contribution is 2.16. The topological polar surface area (TPSA) is 101 Å². The van der Waals surface area contributed by atoms with Gasteiger partial charge in [0.15, 0.2) is 0 Å². The quantitative estimate of drug-likeness (QED) is 0.420. The smallest absolute Gasteiger partial charge is 0.270 e. The number of nitrogens with zero attached hydrogens (tertiary/aromatic N) is 1. The van der Waals surface area contributed by atoms with Crippen LogP contribution in [0.15, 0.2) is 29.2 Å². The lowest BCUT2D eigenvalue weighted by Gasteiger charge is -2.06. The number of non-ortho nitro benzene ring substituents is 1. The molecule has 0 aromatic heterocycles. The Hall–Kier alpha value is -1.51. The predicted octanol–water partition coefficient (Wildman–Crippen LogP) is 0.873. The number of hydrogen-bond acceptors (Lipinski definition) is 5. The van der Waals surface area contributed by atoms with E-state index >= 15 is 0 Å². The van der Waals surface area contributed by atoms with Crippen LogP contribution in [0.5, 0.6) is 0 Å². The molecule has 0 atom stereocenters. The largest absolute Gasteiger partial charge is 0.317 e. The average molecular weight is 287 g/mol. The van der Waals surface area contributed by atoms with E-state index in [2.05, 4.69) is 10.0 Å². The van der Waals surface area contributed by atoms with Crippen molar-refractivity contribution in [2.45, 2.75) is 18.2 Å². The van der Waals surface area contributed by atoms with Crippen molar-refractivity contribution in [3.8, 4) is 0 Å². The first kappa shape index (κ1) is 15.5. The van der Waals surface area contributed by atoms with Gasteiger partial charge >= 0.3 is 0 Å². The fraction of sp³-hybridized carbons (Fsp3) is 0.455. The van der Waals surface area contributed by atoms with Crippen LogP contribution in [0.25, 0.3) is 0 Å². The van der Waals surface area contributed by atoms with E-state index in [-0.39, 0.29) is 17.1 Å². The van der Waals surface area contributed by atoms with Crippen molar-refractivity contribution in [1.82, 2.24) is 10.0 Å². The zero-order chi connectivity index (χ0) is 14.3. The van der Waals surface area contributed by atoms with E-state index < -0.39 is 14.9 Å². The SMILES string of the molecule is CCNCCCNS(=O)(=O)c1cccc([N+](=O)[O-])c1. The van der Waals surface area contributed by atoms with E-state index in [9.17, 15) is 18.5 Å². The van der Waals surface area contributed by atoms with Crippen molar-refractivity contribution in [3.63, 3.8) is 0 Å². The molecule has 7 nitrogen and oxygen atoms in total. The molecule has 0 saturated heterocycles. The van der Waals surface area contributed by atoms with E-state index in [1.54, 1.807) is 0 Å². The van der Waals surface area contributed by atoms with Gasteiger partial charge in [0.25, 0.3) is 5.69 Å². The minimum atomic E-state index is -3.69. The lowest BCUT2D eigenvalue weighted by Crippen LogP contribution is -2.27. The number of benzene rings is 1. The zero-order valence-corrected chi connectivity index (χ0v) is 11.4. The van der Waals surface area contributed by atoms with Crippen molar-refractivity contribution >= 4 is 15.7 Å². The van der Waals surface area contributed by atoms with Crippen molar-refractivity contribution in [2.75, 3.05) is 19.6 Å². The highest BCUT2D eigenvalue weighted by atomic mass is 32.2. The summed E-state index contributed by atoms with van der Waals surface area (Å²) in [6.07, 6.45) is 0.655. The van der Waals surface area contributed by atoms with Crippen LogP contribution in [0.2, 0.25) is 0 Å². The molecule has 0 radical (unpaired) electrons. The van der Waals surface area contributed by atoms with Gasteiger partial charge in [0.1, 0.15) is 0 Å². The maximum absolute atomic E-state index is 11.9. The van der Waals surface area contributed by atoms with Gasteiger partial charge in [0.2, 0.25) is 10.0 Å². The Morgan fingerprint density at radius 3 is 2.68 bits per heavy atom. The van der Waals surface area contributed by atoms with Crippen molar-refractivity contribution in [2.24, 2.45) is 0 Å². The molecule has 0 bridgehead atoms. The van der Waals surface area contributed by atoms with E-state index in [1.807, 2.05) is 6.92 Å². The summed E-state index contributed by atoms with van der Waals surface area (Å²) in [7, 11) is -3.69. The molecule has 0 aliphatic heterocycles. The number of nitrogens with one attached hydrogen (secondary N) is 2. The molecule has 106 valence electrons. The molecule has 1 aromatic rings. The van der Waals surface area contributed by atoms with E-state index in [1.165, 1.54) is 18.2 Å². The molecule has 0 amide bonds. The van der Waals surface area contributed by atoms with Gasteiger partial charge in [0, 0.05) is 18.7 Å². The lowest BCUT2D eigenvalue weighted by atomic mass is 10.3. The Morgan fingerprint density at radius 1 is 1.32 bits per heavy atom. The van der Waals surface area contributed by atoms with Crippen LogP contribution >= 0.6 is 0 Å². The van der Waals surface area contributed by atoms with Gasteiger partial charge in [0.05, 0.1) is 9.82 Å². The minimum Gasteiger partial charge on any atom is -0.317 e. The Kier molecular flexibility index (Phi) is 5.87. The third-order valence-corrected chi connectivity index (χ3v) is 3.87. The third-order valence-electron chi connectivity index (χ3n) is 2.41.